The molecule has 0 radical (unpaired) electrons. The predicted octanol–water partition coefficient (Wildman–Crippen LogP) is 2.96. The summed E-state index contributed by atoms with van der Waals surface area (Å²) in [7, 11) is -3.53. The van der Waals surface area contributed by atoms with Gasteiger partial charge in [0.25, 0.3) is 0 Å². The lowest BCUT2D eigenvalue weighted by Crippen LogP contribution is -2.27. The van der Waals surface area contributed by atoms with Crippen LogP contribution in [0.15, 0.2) is 35.5 Å². The Labute approximate surface area is 177 Å². The topological polar surface area (TPSA) is 117 Å². The molecule has 0 amide bonds. The maximum atomic E-state index is 11.6. The van der Waals surface area contributed by atoms with Gasteiger partial charge in [-0.15, -0.1) is 0 Å². The first-order valence-corrected chi connectivity index (χ1v) is 12.3. The van der Waals surface area contributed by atoms with Crippen molar-refractivity contribution in [3.63, 3.8) is 0 Å². The Morgan fingerprint density at radius 3 is 2.31 bits per heavy atom. The van der Waals surface area contributed by atoms with Gasteiger partial charge in [-0.1, -0.05) is 62.9 Å². The van der Waals surface area contributed by atoms with E-state index in [1.54, 1.807) is 0 Å². The van der Waals surface area contributed by atoms with E-state index in [0.29, 0.717) is 11.1 Å². The summed E-state index contributed by atoms with van der Waals surface area (Å²) in [6, 6.07) is 9.88. The molecule has 2 aromatic rings. The van der Waals surface area contributed by atoms with Gasteiger partial charge in [0.2, 0.25) is 21.9 Å². The Balaban J connectivity index is 2.19. The van der Waals surface area contributed by atoms with E-state index < -0.39 is 10.0 Å². The molecule has 0 aliphatic carbocycles. The molecule has 10 heteroatoms. The van der Waals surface area contributed by atoms with Crippen molar-refractivity contribution in [2.45, 2.75) is 44.3 Å². The monoisotopic (exact) mass is 439 g/mol. The Bertz CT molecular complexity index is 879. The van der Waals surface area contributed by atoms with Crippen molar-refractivity contribution in [2.24, 2.45) is 5.92 Å². The van der Waals surface area contributed by atoms with Gasteiger partial charge in [-0.25, -0.2) is 8.42 Å². The van der Waals surface area contributed by atoms with Crippen molar-refractivity contribution in [3.8, 4) is 0 Å². The summed E-state index contributed by atoms with van der Waals surface area (Å²) >= 11 is 1.43. The van der Waals surface area contributed by atoms with Crippen LogP contribution in [0.4, 0.5) is 11.9 Å². The normalized spacial score (nSPS) is 13.9. The first kappa shape index (κ1) is 23.4. The van der Waals surface area contributed by atoms with E-state index in [-0.39, 0.29) is 30.5 Å². The highest BCUT2D eigenvalue weighted by molar-refractivity contribution is 7.99. The Kier molecular flexibility index (Phi) is 8.66. The quantitative estimate of drug-likeness (QED) is 0.458. The fourth-order valence-corrected chi connectivity index (χ4v) is 4.02. The molecule has 0 bridgehead atoms. The lowest BCUT2D eigenvalue weighted by atomic mass is 10.0. The molecule has 2 atom stereocenters. The Morgan fingerprint density at radius 1 is 1.07 bits per heavy atom. The second-order valence-electron chi connectivity index (χ2n) is 7.42. The van der Waals surface area contributed by atoms with Gasteiger partial charge in [0.05, 0.1) is 18.9 Å². The predicted molar refractivity (Wildman–Crippen MR) is 118 cm³/mol. The second kappa shape index (κ2) is 10.7. The van der Waals surface area contributed by atoms with E-state index in [1.807, 2.05) is 18.2 Å². The Morgan fingerprint density at radius 2 is 1.72 bits per heavy atom. The van der Waals surface area contributed by atoms with Gasteiger partial charge in [-0.3, -0.25) is 4.72 Å². The summed E-state index contributed by atoms with van der Waals surface area (Å²) in [4.78, 5) is 12.8. The van der Waals surface area contributed by atoms with Crippen molar-refractivity contribution in [1.29, 1.82) is 0 Å². The molecule has 2 rings (SSSR count). The molecule has 1 aromatic heterocycles. The minimum atomic E-state index is -3.53. The van der Waals surface area contributed by atoms with Crippen molar-refractivity contribution in [3.05, 3.63) is 35.9 Å². The van der Waals surface area contributed by atoms with Crippen LogP contribution in [0, 0.1) is 5.92 Å². The summed E-state index contributed by atoms with van der Waals surface area (Å²) < 4.78 is 25.5. The number of rotatable bonds is 11. The number of thioether (sulfide) groups is 1. The van der Waals surface area contributed by atoms with Gasteiger partial charge < -0.3 is 10.4 Å². The molecular formula is C19H29N5O3S2. The highest BCUT2D eigenvalue weighted by Crippen LogP contribution is 2.25. The summed E-state index contributed by atoms with van der Waals surface area (Å²) in [6.45, 7) is 6.15. The van der Waals surface area contributed by atoms with E-state index in [2.05, 4.69) is 57.9 Å². The van der Waals surface area contributed by atoms with Crippen LogP contribution in [0.5, 0.6) is 0 Å². The molecule has 0 fully saturated rings. The number of sulfonamides is 1. The molecule has 160 valence electrons. The fourth-order valence-electron chi connectivity index (χ4n) is 2.71. The number of aliphatic hydroxyl groups is 1. The number of hydrogen-bond donors (Lipinski definition) is 3. The molecule has 0 aliphatic heterocycles. The first-order chi connectivity index (χ1) is 13.7. The van der Waals surface area contributed by atoms with Gasteiger partial charge in [-0.2, -0.15) is 15.0 Å². The van der Waals surface area contributed by atoms with Crippen LogP contribution in [0.25, 0.3) is 0 Å². The number of nitrogens with one attached hydrogen (secondary N) is 2. The van der Waals surface area contributed by atoms with E-state index in [0.717, 1.165) is 18.4 Å². The maximum Gasteiger partial charge on any atom is 0.242 e. The van der Waals surface area contributed by atoms with Crippen LogP contribution in [-0.4, -0.2) is 53.1 Å². The average molecular weight is 440 g/mol. The number of benzene rings is 1. The van der Waals surface area contributed by atoms with Crippen LogP contribution < -0.4 is 10.0 Å². The molecule has 0 aliphatic rings. The van der Waals surface area contributed by atoms with E-state index >= 15 is 0 Å². The van der Waals surface area contributed by atoms with Gasteiger partial charge in [-0.05, 0) is 23.8 Å². The maximum absolute atomic E-state index is 11.6. The van der Waals surface area contributed by atoms with Gasteiger partial charge in [0.1, 0.15) is 0 Å². The molecule has 0 saturated carbocycles. The molecule has 29 heavy (non-hydrogen) atoms. The molecule has 3 N–H and O–H groups in total. The number of hydrogen-bond acceptors (Lipinski definition) is 8. The highest BCUT2D eigenvalue weighted by atomic mass is 32.2. The van der Waals surface area contributed by atoms with Crippen LogP contribution in [0.3, 0.4) is 0 Å². The molecule has 8 nitrogen and oxygen atoms in total. The van der Waals surface area contributed by atoms with Crippen molar-refractivity contribution >= 4 is 33.7 Å². The number of aromatic nitrogens is 3. The zero-order valence-electron chi connectivity index (χ0n) is 17.2. The summed E-state index contributed by atoms with van der Waals surface area (Å²) in [5.41, 5.74) is 1.21. The molecular weight excluding hydrogens is 410 g/mol. The van der Waals surface area contributed by atoms with Gasteiger partial charge in [0, 0.05) is 5.75 Å². The minimum absolute atomic E-state index is 0.0406. The number of nitrogens with zero attached hydrogens (tertiary/aromatic N) is 3. The third-order valence-corrected chi connectivity index (χ3v) is 5.69. The average Bonchev–Trinajstić information content (AvgIpc) is 2.64. The van der Waals surface area contributed by atoms with Crippen LogP contribution in [-0.2, 0) is 10.0 Å². The zero-order valence-corrected chi connectivity index (χ0v) is 18.8. The fraction of sp³-hybridized carbons (Fsp3) is 0.526. The van der Waals surface area contributed by atoms with Gasteiger partial charge >= 0.3 is 0 Å². The van der Waals surface area contributed by atoms with Crippen molar-refractivity contribution < 1.29 is 13.5 Å². The van der Waals surface area contributed by atoms with Crippen molar-refractivity contribution in [1.82, 2.24) is 15.0 Å². The molecule has 0 unspecified atom stereocenters. The number of anilines is 2. The molecule has 1 heterocycles. The molecule has 1 aromatic carbocycles. The summed E-state index contributed by atoms with van der Waals surface area (Å²) in [5, 5.41) is 13.1. The largest absolute Gasteiger partial charge is 0.394 e. The van der Waals surface area contributed by atoms with E-state index in [4.69, 9.17) is 0 Å². The van der Waals surface area contributed by atoms with Crippen LogP contribution in [0.1, 0.15) is 38.7 Å². The van der Waals surface area contributed by atoms with Crippen molar-refractivity contribution in [2.75, 3.05) is 28.7 Å². The van der Waals surface area contributed by atoms with E-state index in [9.17, 15) is 13.5 Å². The minimum Gasteiger partial charge on any atom is -0.394 e. The van der Waals surface area contributed by atoms with Gasteiger partial charge in [0.15, 0.2) is 5.16 Å². The standard InChI is InChI=1S/C19H29N5O3S2/c1-13(2)10-16(11-25)20-17-21-18(24-29(4,26)27)23-19(22-17)28-12-14(3)15-8-6-5-7-9-15/h5-9,13-14,16,25H,10-12H2,1-4H3,(H2,20,21,22,23,24)/t14-,16-/m1/s1. The lowest BCUT2D eigenvalue weighted by molar-refractivity contribution is 0.259. The Hall–Kier alpha value is -1.91. The SMILES string of the molecule is CC(C)C[C@H](CO)Nc1nc(NS(C)(=O)=O)nc(SC[C@@H](C)c2ccccc2)n1. The first-order valence-electron chi connectivity index (χ1n) is 9.45. The molecule has 0 spiro atoms. The third kappa shape index (κ3) is 8.55. The zero-order chi connectivity index (χ0) is 21.4. The highest BCUT2D eigenvalue weighted by Gasteiger charge is 2.16. The van der Waals surface area contributed by atoms with E-state index in [1.165, 1.54) is 17.3 Å². The smallest absolute Gasteiger partial charge is 0.242 e. The summed E-state index contributed by atoms with van der Waals surface area (Å²) in [5.74, 6) is 1.56. The molecule has 0 saturated heterocycles. The second-order valence-corrected chi connectivity index (χ2v) is 10.2. The third-order valence-electron chi connectivity index (χ3n) is 4.03. The van der Waals surface area contributed by atoms with Crippen LogP contribution >= 0.6 is 11.8 Å². The summed E-state index contributed by atoms with van der Waals surface area (Å²) in [6.07, 6.45) is 1.77. The number of aliphatic hydroxyl groups excluding tert-OH is 1. The lowest BCUT2D eigenvalue weighted by Gasteiger charge is -2.19. The van der Waals surface area contributed by atoms with Crippen LogP contribution in [0.2, 0.25) is 0 Å².